The molecule has 2 N–H and O–H groups in total. The highest BCUT2D eigenvalue weighted by Gasteiger charge is 2.36. The number of hydrogen-bond acceptors (Lipinski definition) is 2. The van der Waals surface area contributed by atoms with E-state index in [1.54, 1.807) is 0 Å². The lowest BCUT2D eigenvalue weighted by atomic mass is 9.74. The SMILES string of the molecule is CCCNC1(CC(=O)O)CCCC(C)C1. The van der Waals surface area contributed by atoms with E-state index in [2.05, 4.69) is 19.2 Å². The molecular formula is C12H23NO2. The highest BCUT2D eigenvalue weighted by molar-refractivity contribution is 5.68. The quantitative estimate of drug-likeness (QED) is 0.737. The lowest BCUT2D eigenvalue weighted by Crippen LogP contribution is -2.50. The van der Waals surface area contributed by atoms with Crippen molar-refractivity contribution in [2.75, 3.05) is 6.54 Å². The van der Waals surface area contributed by atoms with E-state index in [-0.39, 0.29) is 12.0 Å². The summed E-state index contributed by atoms with van der Waals surface area (Å²) in [6, 6.07) is 0. The lowest BCUT2D eigenvalue weighted by Gasteiger charge is -2.40. The first-order valence-corrected chi connectivity index (χ1v) is 6.05. The van der Waals surface area contributed by atoms with Gasteiger partial charge in [-0.25, -0.2) is 0 Å². The summed E-state index contributed by atoms with van der Waals surface area (Å²) in [4.78, 5) is 10.9. The van der Waals surface area contributed by atoms with E-state index in [1.807, 2.05) is 0 Å². The zero-order chi connectivity index (χ0) is 11.3. The van der Waals surface area contributed by atoms with E-state index in [4.69, 9.17) is 5.11 Å². The Hall–Kier alpha value is -0.570. The fourth-order valence-corrected chi connectivity index (χ4v) is 2.72. The maximum atomic E-state index is 10.9. The second kappa shape index (κ2) is 5.50. The zero-order valence-electron chi connectivity index (χ0n) is 9.88. The standard InChI is InChI=1S/C12H23NO2/c1-3-7-13-12(9-11(14)15)6-4-5-10(2)8-12/h10,13H,3-9H2,1-2H3,(H,14,15). The van der Waals surface area contributed by atoms with Crippen molar-refractivity contribution in [2.24, 2.45) is 5.92 Å². The predicted octanol–water partition coefficient (Wildman–Crippen LogP) is 2.41. The first kappa shape index (κ1) is 12.5. The Morgan fingerprint density at radius 3 is 2.87 bits per heavy atom. The number of nitrogens with one attached hydrogen (secondary N) is 1. The monoisotopic (exact) mass is 213 g/mol. The maximum Gasteiger partial charge on any atom is 0.305 e. The molecule has 1 saturated carbocycles. The number of aliphatic carboxylic acids is 1. The van der Waals surface area contributed by atoms with Crippen LogP contribution >= 0.6 is 0 Å². The molecule has 1 aliphatic rings. The third-order valence-electron chi connectivity index (χ3n) is 3.33. The van der Waals surface area contributed by atoms with Crippen LogP contribution in [-0.2, 0) is 4.79 Å². The van der Waals surface area contributed by atoms with Gasteiger partial charge in [-0.3, -0.25) is 4.79 Å². The van der Waals surface area contributed by atoms with Gasteiger partial charge in [0.2, 0.25) is 0 Å². The van der Waals surface area contributed by atoms with Gasteiger partial charge in [0, 0.05) is 5.54 Å². The third-order valence-corrected chi connectivity index (χ3v) is 3.33. The molecule has 1 fully saturated rings. The van der Waals surface area contributed by atoms with E-state index in [0.29, 0.717) is 5.92 Å². The van der Waals surface area contributed by atoms with Gasteiger partial charge in [-0.2, -0.15) is 0 Å². The maximum absolute atomic E-state index is 10.9. The number of carbonyl (C=O) groups is 1. The second-order valence-electron chi connectivity index (χ2n) is 4.98. The molecule has 0 spiro atoms. The molecule has 0 aromatic heterocycles. The predicted molar refractivity (Wildman–Crippen MR) is 60.9 cm³/mol. The molecular weight excluding hydrogens is 190 g/mol. The molecule has 1 aliphatic carbocycles. The van der Waals surface area contributed by atoms with Crippen LogP contribution < -0.4 is 5.32 Å². The van der Waals surface area contributed by atoms with Crippen LogP contribution in [0.3, 0.4) is 0 Å². The minimum absolute atomic E-state index is 0.125. The van der Waals surface area contributed by atoms with Crippen molar-refractivity contribution in [3.63, 3.8) is 0 Å². The van der Waals surface area contributed by atoms with E-state index in [0.717, 1.165) is 32.2 Å². The van der Waals surface area contributed by atoms with Crippen LogP contribution in [0.1, 0.15) is 52.4 Å². The summed E-state index contributed by atoms with van der Waals surface area (Å²) in [5.41, 5.74) is -0.125. The molecule has 3 nitrogen and oxygen atoms in total. The fourth-order valence-electron chi connectivity index (χ4n) is 2.72. The third kappa shape index (κ3) is 3.82. The van der Waals surface area contributed by atoms with E-state index < -0.39 is 5.97 Å². The highest BCUT2D eigenvalue weighted by Crippen LogP contribution is 2.34. The molecule has 0 saturated heterocycles. The van der Waals surface area contributed by atoms with Gasteiger partial charge in [0.05, 0.1) is 6.42 Å². The van der Waals surface area contributed by atoms with Crippen LogP contribution in [0.5, 0.6) is 0 Å². The average molecular weight is 213 g/mol. The number of carboxylic acid groups (broad SMARTS) is 1. The summed E-state index contributed by atoms with van der Waals surface area (Å²) in [6.07, 6.45) is 5.77. The summed E-state index contributed by atoms with van der Waals surface area (Å²) in [7, 11) is 0. The normalized spacial score (nSPS) is 31.5. The van der Waals surface area contributed by atoms with Crippen LogP contribution in [0.4, 0.5) is 0 Å². The lowest BCUT2D eigenvalue weighted by molar-refractivity contribution is -0.139. The van der Waals surface area contributed by atoms with Gasteiger partial charge in [-0.1, -0.05) is 26.7 Å². The molecule has 3 heteroatoms. The Bertz CT molecular complexity index is 218. The minimum Gasteiger partial charge on any atom is -0.481 e. The number of rotatable bonds is 5. The van der Waals surface area contributed by atoms with Crippen LogP contribution in [-0.4, -0.2) is 23.2 Å². The van der Waals surface area contributed by atoms with Crippen molar-refractivity contribution in [1.29, 1.82) is 0 Å². The summed E-state index contributed by atoms with van der Waals surface area (Å²) >= 11 is 0. The zero-order valence-corrected chi connectivity index (χ0v) is 9.88. The largest absolute Gasteiger partial charge is 0.481 e. The fraction of sp³-hybridized carbons (Fsp3) is 0.917. The Balaban J connectivity index is 2.61. The van der Waals surface area contributed by atoms with Gasteiger partial charge in [0.1, 0.15) is 0 Å². The Morgan fingerprint density at radius 1 is 1.60 bits per heavy atom. The number of hydrogen-bond donors (Lipinski definition) is 2. The number of carboxylic acids is 1. The molecule has 0 bridgehead atoms. The van der Waals surface area contributed by atoms with Crippen molar-refractivity contribution in [3.05, 3.63) is 0 Å². The molecule has 0 radical (unpaired) electrons. The van der Waals surface area contributed by atoms with Gasteiger partial charge in [-0.15, -0.1) is 0 Å². The van der Waals surface area contributed by atoms with Crippen LogP contribution in [0.2, 0.25) is 0 Å². The Morgan fingerprint density at radius 2 is 2.33 bits per heavy atom. The molecule has 0 aromatic carbocycles. The molecule has 1 rings (SSSR count). The second-order valence-corrected chi connectivity index (χ2v) is 4.98. The topological polar surface area (TPSA) is 49.3 Å². The van der Waals surface area contributed by atoms with Gasteiger partial charge < -0.3 is 10.4 Å². The molecule has 15 heavy (non-hydrogen) atoms. The van der Waals surface area contributed by atoms with E-state index >= 15 is 0 Å². The molecule has 0 aromatic rings. The Labute approximate surface area is 92.3 Å². The molecule has 2 unspecified atom stereocenters. The van der Waals surface area contributed by atoms with Crippen molar-refractivity contribution in [3.8, 4) is 0 Å². The molecule has 88 valence electrons. The van der Waals surface area contributed by atoms with Gasteiger partial charge in [0.15, 0.2) is 0 Å². The van der Waals surface area contributed by atoms with Crippen molar-refractivity contribution >= 4 is 5.97 Å². The Kier molecular flexibility index (Phi) is 4.58. The smallest absolute Gasteiger partial charge is 0.305 e. The summed E-state index contributed by atoms with van der Waals surface area (Å²) in [5.74, 6) is -0.0184. The van der Waals surface area contributed by atoms with Gasteiger partial charge >= 0.3 is 5.97 Å². The first-order valence-electron chi connectivity index (χ1n) is 6.05. The average Bonchev–Trinajstić information content (AvgIpc) is 2.13. The molecule has 0 heterocycles. The minimum atomic E-state index is -0.673. The van der Waals surface area contributed by atoms with Crippen LogP contribution in [0.25, 0.3) is 0 Å². The van der Waals surface area contributed by atoms with Crippen molar-refractivity contribution in [2.45, 2.75) is 57.9 Å². The summed E-state index contributed by atoms with van der Waals surface area (Å²) in [5, 5.41) is 12.4. The molecule has 0 aliphatic heterocycles. The first-order chi connectivity index (χ1) is 7.08. The highest BCUT2D eigenvalue weighted by atomic mass is 16.4. The molecule has 0 amide bonds. The van der Waals surface area contributed by atoms with Crippen LogP contribution in [0, 0.1) is 5.92 Å². The van der Waals surface area contributed by atoms with Gasteiger partial charge in [-0.05, 0) is 31.7 Å². The van der Waals surface area contributed by atoms with Gasteiger partial charge in [0.25, 0.3) is 0 Å². The van der Waals surface area contributed by atoms with Crippen molar-refractivity contribution in [1.82, 2.24) is 5.32 Å². The van der Waals surface area contributed by atoms with E-state index in [9.17, 15) is 4.79 Å². The van der Waals surface area contributed by atoms with E-state index in [1.165, 1.54) is 6.42 Å². The molecule has 2 atom stereocenters. The van der Waals surface area contributed by atoms with Crippen LogP contribution in [0.15, 0.2) is 0 Å². The summed E-state index contributed by atoms with van der Waals surface area (Å²) in [6.45, 7) is 5.27. The summed E-state index contributed by atoms with van der Waals surface area (Å²) < 4.78 is 0. The van der Waals surface area contributed by atoms with Crippen molar-refractivity contribution < 1.29 is 9.90 Å².